The smallest absolute Gasteiger partial charge is 0.253 e. The fourth-order valence-electron chi connectivity index (χ4n) is 2.45. The number of H-pyrrole nitrogens is 1. The minimum absolute atomic E-state index is 0. The van der Waals surface area contributed by atoms with E-state index in [9.17, 15) is 4.79 Å². The molecule has 2 aromatic rings. The third kappa shape index (κ3) is 3.80. The number of hydrogen-bond acceptors (Lipinski definition) is 3. The molecular formula is C14H17Cl2N3OS. The fraction of sp³-hybridized carbons (Fsp3) is 0.357. The molecule has 7 heteroatoms. The molecule has 114 valence electrons. The molecule has 0 aliphatic carbocycles. The zero-order chi connectivity index (χ0) is 13.9. The number of amides is 1. The second-order valence-electron chi connectivity index (χ2n) is 4.90. The Kier molecular flexibility index (Phi) is 5.70. The van der Waals surface area contributed by atoms with Crippen molar-refractivity contribution >= 4 is 41.3 Å². The number of hydrogen-bond donors (Lipinski definition) is 3. The molecule has 0 unspecified atom stereocenters. The van der Waals surface area contributed by atoms with Crippen molar-refractivity contribution in [3.63, 3.8) is 0 Å². The van der Waals surface area contributed by atoms with Gasteiger partial charge in [-0.05, 0) is 31.5 Å². The molecule has 21 heavy (non-hydrogen) atoms. The van der Waals surface area contributed by atoms with Crippen LogP contribution in [-0.2, 0) is 0 Å². The normalized spacial score (nSPS) is 18.0. The zero-order valence-electron chi connectivity index (χ0n) is 11.3. The summed E-state index contributed by atoms with van der Waals surface area (Å²) in [6, 6.07) is 4.00. The van der Waals surface area contributed by atoms with Gasteiger partial charge < -0.3 is 15.6 Å². The lowest BCUT2D eigenvalue weighted by molar-refractivity contribution is 0.0931. The Morgan fingerprint density at radius 2 is 2.24 bits per heavy atom. The highest BCUT2D eigenvalue weighted by Crippen LogP contribution is 2.33. The molecule has 1 atom stereocenters. The molecule has 3 rings (SSSR count). The lowest BCUT2D eigenvalue weighted by Crippen LogP contribution is -2.45. The third-order valence-corrected chi connectivity index (χ3v) is 4.73. The van der Waals surface area contributed by atoms with Gasteiger partial charge in [0.05, 0.1) is 9.90 Å². The maximum absolute atomic E-state index is 12.4. The van der Waals surface area contributed by atoms with E-state index < -0.39 is 0 Å². The quantitative estimate of drug-likeness (QED) is 0.799. The van der Waals surface area contributed by atoms with Crippen LogP contribution in [0.25, 0.3) is 10.4 Å². The molecule has 2 aromatic heterocycles. The van der Waals surface area contributed by atoms with E-state index in [-0.39, 0.29) is 24.4 Å². The van der Waals surface area contributed by atoms with Crippen molar-refractivity contribution in [1.82, 2.24) is 15.6 Å². The Labute approximate surface area is 138 Å². The van der Waals surface area contributed by atoms with Gasteiger partial charge in [0.25, 0.3) is 5.91 Å². The molecule has 0 spiro atoms. The summed E-state index contributed by atoms with van der Waals surface area (Å²) in [5.41, 5.74) is 1.58. The molecule has 1 saturated heterocycles. The molecule has 3 N–H and O–H groups in total. The lowest BCUT2D eigenvalue weighted by atomic mass is 10.1. The van der Waals surface area contributed by atoms with E-state index >= 15 is 0 Å². The van der Waals surface area contributed by atoms with Crippen LogP contribution in [0.5, 0.6) is 0 Å². The highest BCUT2D eigenvalue weighted by molar-refractivity contribution is 7.19. The van der Waals surface area contributed by atoms with Crippen molar-refractivity contribution in [3.8, 4) is 10.4 Å². The van der Waals surface area contributed by atoms with Crippen molar-refractivity contribution in [3.05, 3.63) is 34.4 Å². The molecule has 1 aliphatic rings. The number of thiophene rings is 1. The number of nitrogens with one attached hydrogen (secondary N) is 3. The molecule has 4 nitrogen and oxygen atoms in total. The minimum Gasteiger partial charge on any atom is -0.366 e. The average Bonchev–Trinajstić information content (AvgIpc) is 3.08. The van der Waals surface area contributed by atoms with E-state index in [0.717, 1.165) is 40.7 Å². The van der Waals surface area contributed by atoms with Crippen LogP contribution in [0.1, 0.15) is 23.2 Å². The number of carbonyl (C=O) groups is 1. The van der Waals surface area contributed by atoms with Gasteiger partial charge in [0.1, 0.15) is 0 Å². The summed E-state index contributed by atoms with van der Waals surface area (Å²) in [5.74, 6) is -0.0283. The Hall–Kier alpha value is -1.01. The van der Waals surface area contributed by atoms with E-state index in [2.05, 4.69) is 15.6 Å². The maximum Gasteiger partial charge on any atom is 0.253 e. The van der Waals surface area contributed by atoms with Gasteiger partial charge in [0.2, 0.25) is 0 Å². The van der Waals surface area contributed by atoms with Crippen LogP contribution in [0, 0.1) is 0 Å². The summed E-state index contributed by atoms with van der Waals surface area (Å²) in [5, 5.41) is 6.39. The highest BCUT2D eigenvalue weighted by atomic mass is 35.5. The van der Waals surface area contributed by atoms with Crippen LogP contribution >= 0.6 is 35.3 Å². The standard InChI is InChI=1S/C14H16ClN3OS.ClH/c15-13-4-3-12(20-13)10-7-17-8-11(10)14(19)18-9-2-1-5-16-6-9;/h3-4,7-9,16-17H,1-2,5-6H2,(H,18,19);1H/t9-;/m0./s1. The summed E-state index contributed by atoms with van der Waals surface area (Å²) in [6.07, 6.45) is 5.72. The van der Waals surface area contributed by atoms with Crippen LogP contribution in [0.15, 0.2) is 24.5 Å². The first-order valence-corrected chi connectivity index (χ1v) is 7.87. The largest absolute Gasteiger partial charge is 0.366 e. The number of carbonyl (C=O) groups excluding carboxylic acids is 1. The van der Waals surface area contributed by atoms with Gasteiger partial charge in [0, 0.05) is 35.4 Å². The molecule has 0 bridgehead atoms. The van der Waals surface area contributed by atoms with Crippen molar-refractivity contribution in [2.75, 3.05) is 13.1 Å². The van der Waals surface area contributed by atoms with Crippen LogP contribution in [-0.4, -0.2) is 30.0 Å². The first-order valence-electron chi connectivity index (χ1n) is 6.68. The van der Waals surface area contributed by atoms with Gasteiger partial charge in [-0.2, -0.15) is 0 Å². The summed E-state index contributed by atoms with van der Waals surface area (Å²) in [6.45, 7) is 1.88. The van der Waals surface area contributed by atoms with E-state index in [1.807, 2.05) is 18.3 Å². The predicted octanol–water partition coefficient (Wildman–Crippen LogP) is 3.30. The Morgan fingerprint density at radius 3 is 2.90 bits per heavy atom. The van der Waals surface area contributed by atoms with Gasteiger partial charge in [0.15, 0.2) is 0 Å². The molecule has 0 radical (unpaired) electrons. The van der Waals surface area contributed by atoms with E-state index in [1.54, 1.807) is 6.20 Å². The second-order valence-corrected chi connectivity index (χ2v) is 6.62. The van der Waals surface area contributed by atoms with E-state index in [1.165, 1.54) is 11.3 Å². The van der Waals surface area contributed by atoms with Gasteiger partial charge in [-0.15, -0.1) is 23.7 Å². The van der Waals surface area contributed by atoms with Gasteiger partial charge in [-0.25, -0.2) is 0 Å². The minimum atomic E-state index is -0.0283. The monoisotopic (exact) mass is 345 g/mol. The first-order chi connectivity index (χ1) is 9.74. The van der Waals surface area contributed by atoms with Crippen LogP contribution in [0.4, 0.5) is 0 Å². The van der Waals surface area contributed by atoms with Crippen LogP contribution in [0.2, 0.25) is 4.34 Å². The molecule has 1 aliphatic heterocycles. The Balaban J connectivity index is 0.00000161. The lowest BCUT2D eigenvalue weighted by Gasteiger charge is -2.23. The van der Waals surface area contributed by atoms with Gasteiger partial charge in [-0.3, -0.25) is 4.79 Å². The first kappa shape index (κ1) is 16.4. The van der Waals surface area contributed by atoms with Crippen molar-refractivity contribution < 1.29 is 4.79 Å². The summed E-state index contributed by atoms with van der Waals surface area (Å²) in [4.78, 5) is 16.4. The molecule has 3 heterocycles. The Bertz CT molecular complexity index is 605. The topological polar surface area (TPSA) is 56.9 Å². The van der Waals surface area contributed by atoms with E-state index in [4.69, 9.17) is 11.6 Å². The number of halogens is 2. The van der Waals surface area contributed by atoms with Crippen molar-refractivity contribution in [2.24, 2.45) is 0 Å². The van der Waals surface area contributed by atoms with Crippen molar-refractivity contribution in [1.29, 1.82) is 0 Å². The average molecular weight is 346 g/mol. The number of piperidine rings is 1. The third-order valence-electron chi connectivity index (χ3n) is 3.46. The maximum atomic E-state index is 12.4. The molecule has 1 fully saturated rings. The summed E-state index contributed by atoms with van der Waals surface area (Å²) in [7, 11) is 0. The zero-order valence-corrected chi connectivity index (χ0v) is 13.7. The number of rotatable bonds is 3. The van der Waals surface area contributed by atoms with Gasteiger partial charge in [-0.1, -0.05) is 11.6 Å². The van der Waals surface area contributed by atoms with E-state index in [0.29, 0.717) is 5.56 Å². The second kappa shape index (κ2) is 7.31. The summed E-state index contributed by atoms with van der Waals surface area (Å²) >= 11 is 7.44. The molecule has 0 aromatic carbocycles. The number of aromatic amines is 1. The number of aromatic nitrogens is 1. The Morgan fingerprint density at radius 1 is 1.38 bits per heavy atom. The molecule has 0 saturated carbocycles. The van der Waals surface area contributed by atoms with Crippen LogP contribution < -0.4 is 10.6 Å². The van der Waals surface area contributed by atoms with Crippen LogP contribution in [0.3, 0.4) is 0 Å². The fourth-order valence-corrected chi connectivity index (χ4v) is 3.53. The SMILES string of the molecule is Cl.O=C(N[C@H]1CCCNC1)c1c[nH]cc1-c1ccc(Cl)s1. The highest BCUT2D eigenvalue weighted by Gasteiger charge is 2.20. The van der Waals surface area contributed by atoms with Crippen molar-refractivity contribution in [2.45, 2.75) is 18.9 Å². The predicted molar refractivity (Wildman–Crippen MR) is 89.7 cm³/mol. The molecular weight excluding hydrogens is 329 g/mol. The summed E-state index contributed by atoms with van der Waals surface area (Å²) < 4.78 is 0.726. The van der Waals surface area contributed by atoms with Gasteiger partial charge >= 0.3 is 0 Å². The molecule has 1 amide bonds.